The highest BCUT2D eigenvalue weighted by Gasteiger charge is 2.31. The summed E-state index contributed by atoms with van der Waals surface area (Å²) in [5, 5.41) is 26.2. The predicted octanol–water partition coefficient (Wildman–Crippen LogP) is 3.34. The quantitative estimate of drug-likeness (QED) is 0.617. The third-order valence-electron chi connectivity index (χ3n) is 3.72. The van der Waals surface area contributed by atoms with E-state index in [9.17, 15) is 33.1 Å². The number of rotatable bonds is 5. The monoisotopic (exact) mass is 433 g/mol. The molecule has 152 valence electrons. The molecular weight excluding hydrogens is 423 g/mol. The molecule has 7 nitrogen and oxygen atoms in total. The standard InChI is InChI=1S/C19H10F3N3O4S/c20-19(21,22)29-14-6-4-11(5-7-14)15-9-30(10-23)18(24-15)25-16(26)12-2-1-3-13(8-12)17(27)28/h1-9H,(H-,24,25,26,27,28). The number of aromatic carboxylic acids is 1. The summed E-state index contributed by atoms with van der Waals surface area (Å²) in [6.07, 6.45) is -4.81. The number of benzene rings is 2. The Labute approximate surface area is 170 Å². The van der Waals surface area contributed by atoms with Crippen LogP contribution in [0.2, 0.25) is 0 Å². The number of nitrogens with one attached hydrogen (secondary N) is 1. The first-order valence-corrected chi connectivity index (χ1v) is 9.37. The Bertz CT molecular complexity index is 1150. The van der Waals surface area contributed by atoms with Gasteiger partial charge < -0.3 is 14.6 Å². The van der Waals surface area contributed by atoms with E-state index in [4.69, 9.17) is 0 Å². The smallest absolute Gasteiger partial charge is 0.545 e. The molecule has 1 aromatic heterocycles. The molecule has 1 N–H and O–H groups in total. The van der Waals surface area contributed by atoms with Crippen LogP contribution in [-0.2, 0) is 0 Å². The summed E-state index contributed by atoms with van der Waals surface area (Å²) < 4.78 is 40.6. The van der Waals surface area contributed by atoms with Crippen LogP contribution < -0.4 is 15.2 Å². The largest absolute Gasteiger partial charge is 0.573 e. The number of carboxylic acid groups (broad SMARTS) is 1. The van der Waals surface area contributed by atoms with Crippen LogP contribution in [-0.4, -0.2) is 23.2 Å². The molecule has 0 spiro atoms. The number of aromatic nitrogens is 1. The lowest BCUT2D eigenvalue weighted by Crippen LogP contribution is -2.23. The van der Waals surface area contributed by atoms with E-state index < -0.39 is 34.5 Å². The third kappa shape index (κ3) is 4.92. The lowest BCUT2D eigenvalue weighted by molar-refractivity contribution is -0.274. The number of nitrogens with zero attached hydrogens (tertiary/aromatic N) is 2. The van der Waals surface area contributed by atoms with Crippen molar-refractivity contribution >= 4 is 27.5 Å². The van der Waals surface area contributed by atoms with Crippen molar-refractivity contribution in [1.29, 1.82) is 5.26 Å². The van der Waals surface area contributed by atoms with Gasteiger partial charge in [0.25, 0.3) is 5.91 Å². The summed E-state index contributed by atoms with van der Waals surface area (Å²) in [6.45, 7) is 0. The van der Waals surface area contributed by atoms with Crippen molar-refractivity contribution in [3.63, 3.8) is 0 Å². The van der Waals surface area contributed by atoms with Gasteiger partial charge in [-0.2, -0.15) is 4.98 Å². The van der Waals surface area contributed by atoms with E-state index in [2.05, 4.69) is 15.0 Å². The molecule has 0 saturated heterocycles. The molecule has 0 radical (unpaired) electrons. The van der Waals surface area contributed by atoms with E-state index >= 15 is 0 Å². The molecule has 0 bridgehead atoms. The van der Waals surface area contributed by atoms with E-state index in [1.165, 1.54) is 35.7 Å². The average Bonchev–Trinajstić information content (AvgIpc) is 3.10. The van der Waals surface area contributed by atoms with Crippen molar-refractivity contribution in [2.45, 2.75) is 6.36 Å². The van der Waals surface area contributed by atoms with Crippen molar-refractivity contribution in [1.82, 2.24) is 4.98 Å². The second kappa shape index (κ2) is 8.22. The van der Waals surface area contributed by atoms with Crippen LogP contribution in [0.5, 0.6) is 5.75 Å². The van der Waals surface area contributed by atoms with Gasteiger partial charge in [0, 0.05) is 11.1 Å². The Morgan fingerprint density at radius 2 is 1.80 bits per heavy atom. The molecule has 11 heteroatoms. The molecule has 1 unspecified atom stereocenters. The SMILES string of the molecule is N#C[s+]1cc(-c2ccc(OC(F)(F)F)cc2)nc1NC(=O)c1cccc(C(=O)[O-])c1. The number of anilines is 1. The molecule has 0 saturated carbocycles. The second-order valence-electron chi connectivity index (χ2n) is 5.74. The van der Waals surface area contributed by atoms with Crippen LogP contribution in [0.25, 0.3) is 11.3 Å². The summed E-state index contributed by atoms with van der Waals surface area (Å²) in [6, 6.07) is 10.0. The molecule has 1 amide bonds. The number of amides is 1. The molecule has 1 atom stereocenters. The van der Waals surface area contributed by atoms with Gasteiger partial charge in [-0.05, 0) is 42.0 Å². The Hall–Kier alpha value is -3.91. The minimum atomic E-state index is -4.81. The van der Waals surface area contributed by atoms with Gasteiger partial charge in [0.2, 0.25) is 0 Å². The number of carbonyl (C=O) groups is 2. The van der Waals surface area contributed by atoms with Crippen molar-refractivity contribution in [3.8, 4) is 22.4 Å². The molecule has 0 fully saturated rings. The lowest BCUT2D eigenvalue weighted by Gasteiger charge is -2.08. The number of thiazole rings is 1. The first-order valence-electron chi connectivity index (χ1n) is 8.08. The van der Waals surface area contributed by atoms with Gasteiger partial charge in [0.05, 0.1) is 5.97 Å². The number of carbonyl (C=O) groups excluding carboxylic acids is 2. The Morgan fingerprint density at radius 3 is 2.40 bits per heavy atom. The van der Waals surface area contributed by atoms with Gasteiger partial charge in [0.1, 0.15) is 21.9 Å². The predicted molar refractivity (Wildman–Crippen MR) is 98.6 cm³/mol. The molecular formula is C19H10F3N3O4S. The highest BCUT2D eigenvalue weighted by atomic mass is 32.2. The number of nitriles is 1. The molecule has 0 aliphatic heterocycles. The van der Waals surface area contributed by atoms with Crippen LogP contribution >= 0.6 is 10.5 Å². The van der Waals surface area contributed by atoms with Crippen molar-refractivity contribution in [2.75, 3.05) is 5.32 Å². The zero-order valence-corrected chi connectivity index (χ0v) is 15.6. The first-order chi connectivity index (χ1) is 14.2. The third-order valence-corrected chi connectivity index (χ3v) is 4.99. The first kappa shape index (κ1) is 20.8. The van der Waals surface area contributed by atoms with Gasteiger partial charge in [-0.3, -0.25) is 10.1 Å². The molecule has 1 heterocycles. The molecule has 2 aromatic carbocycles. The van der Waals surface area contributed by atoms with E-state index in [-0.39, 0.29) is 22.0 Å². The normalized spacial score (nSPS) is 11.5. The molecule has 3 rings (SSSR count). The number of carboxylic acids is 1. The summed E-state index contributed by atoms with van der Waals surface area (Å²) >= 11 is 0. The average molecular weight is 433 g/mol. The lowest BCUT2D eigenvalue weighted by atomic mass is 10.1. The summed E-state index contributed by atoms with van der Waals surface area (Å²) in [7, 11) is -1.21. The fourth-order valence-electron chi connectivity index (χ4n) is 2.42. The Morgan fingerprint density at radius 1 is 1.13 bits per heavy atom. The maximum atomic E-state index is 12.4. The summed E-state index contributed by atoms with van der Waals surface area (Å²) in [4.78, 5) is 27.5. The highest BCUT2D eigenvalue weighted by molar-refractivity contribution is 7.39. The molecule has 0 aliphatic carbocycles. The van der Waals surface area contributed by atoms with Gasteiger partial charge in [-0.1, -0.05) is 12.1 Å². The topological polar surface area (TPSA) is 115 Å². The van der Waals surface area contributed by atoms with Gasteiger partial charge in [0.15, 0.2) is 5.38 Å². The molecule has 0 aliphatic rings. The van der Waals surface area contributed by atoms with Gasteiger partial charge in [-0.15, -0.1) is 18.4 Å². The van der Waals surface area contributed by atoms with E-state index in [1.807, 2.05) is 5.40 Å². The minimum absolute atomic E-state index is 0.0305. The van der Waals surface area contributed by atoms with Crippen molar-refractivity contribution in [3.05, 3.63) is 65.0 Å². The maximum absolute atomic E-state index is 12.4. The van der Waals surface area contributed by atoms with Gasteiger partial charge in [-0.25, -0.2) is 0 Å². The number of hydrogen-bond acceptors (Lipinski definition) is 6. The van der Waals surface area contributed by atoms with Crippen LogP contribution in [0.4, 0.5) is 18.3 Å². The molecule has 30 heavy (non-hydrogen) atoms. The van der Waals surface area contributed by atoms with Crippen molar-refractivity contribution < 1.29 is 32.6 Å². The highest BCUT2D eigenvalue weighted by Crippen LogP contribution is 2.35. The Balaban J connectivity index is 1.83. The number of ether oxygens (including phenoxy) is 1. The van der Waals surface area contributed by atoms with Crippen LogP contribution in [0.1, 0.15) is 20.7 Å². The Kier molecular flexibility index (Phi) is 5.70. The van der Waals surface area contributed by atoms with E-state index in [1.54, 1.807) is 0 Å². The summed E-state index contributed by atoms with van der Waals surface area (Å²) in [5.74, 6) is -2.52. The fraction of sp³-hybridized carbons (Fsp3) is 0.0526. The zero-order valence-electron chi connectivity index (χ0n) is 14.8. The van der Waals surface area contributed by atoms with Crippen LogP contribution in [0, 0.1) is 10.7 Å². The van der Waals surface area contributed by atoms with E-state index in [0.717, 1.165) is 18.2 Å². The van der Waals surface area contributed by atoms with Crippen LogP contribution in [0.15, 0.2) is 53.9 Å². The summed E-state index contributed by atoms with van der Waals surface area (Å²) in [5.41, 5.74) is 0.552. The van der Waals surface area contributed by atoms with E-state index in [0.29, 0.717) is 5.56 Å². The zero-order chi connectivity index (χ0) is 21.9. The number of hydrogen-bond donors (Lipinski definition) is 1. The fourth-order valence-corrected chi connectivity index (χ4v) is 3.48. The van der Waals surface area contributed by atoms with Gasteiger partial charge >= 0.3 is 16.9 Å². The molecule has 3 aromatic rings. The van der Waals surface area contributed by atoms with Crippen molar-refractivity contribution in [2.24, 2.45) is 0 Å². The number of halogens is 3. The second-order valence-corrected chi connectivity index (χ2v) is 7.22. The minimum Gasteiger partial charge on any atom is -0.545 e. The number of alkyl halides is 3. The van der Waals surface area contributed by atoms with Crippen LogP contribution in [0.3, 0.4) is 0 Å². The maximum Gasteiger partial charge on any atom is 0.573 e.